The van der Waals surface area contributed by atoms with Crippen LogP contribution in [0.2, 0.25) is 0 Å². The number of aryl methyl sites for hydroxylation is 2. The molecule has 0 bridgehead atoms. The van der Waals surface area contributed by atoms with Gasteiger partial charge >= 0.3 is 59.1 Å². The van der Waals surface area contributed by atoms with E-state index in [0.717, 1.165) is 11.1 Å². The number of rotatable bonds is 4. The molecule has 0 unspecified atom stereocenters. The maximum atomic E-state index is 10.5. The Morgan fingerprint density at radius 1 is 1.35 bits per heavy atom. The fourth-order valence-electron chi connectivity index (χ4n) is 1.44. The standard InChI is InChI=1S/C10H15NO3S.2Na.2H/c1-8-7-10(11)5-4-9(8)3-2-6-15(12,13)14;;;;/h4-5,7H,2-3,6,11H2,1H3,(H,12,13,14);;;;/q;2*+1;2*-1. The van der Waals surface area contributed by atoms with Crippen molar-refractivity contribution in [3.05, 3.63) is 29.3 Å². The van der Waals surface area contributed by atoms with Gasteiger partial charge in [-0.2, -0.15) is 8.42 Å². The van der Waals surface area contributed by atoms with Crippen LogP contribution in [0.3, 0.4) is 0 Å². The average Bonchev–Trinajstić information content (AvgIpc) is 2.07. The number of nitrogen functional groups attached to an aromatic ring is 1. The SMILES string of the molecule is Cc1cc(N)ccc1CCCS(=O)(=O)O.[H-].[H-].[Na+].[Na+]. The van der Waals surface area contributed by atoms with Crippen LogP contribution in [0.25, 0.3) is 0 Å². The minimum absolute atomic E-state index is 0. The van der Waals surface area contributed by atoms with Crippen LogP contribution in [0, 0.1) is 6.92 Å². The van der Waals surface area contributed by atoms with Gasteiger partial charge in [0, 0.05) is 5.69 Å². The molecule has 0 aliphatic heterocycles. The maximum Gasteiger partial charge on any atom is 1.00 e. The van der Waals surface area contributed by atoms with E-state index in [1.54, 1.807) is 6.07 Å². The van der Waals surface area contributed by atoms with Crippen molar-refractivity contribution in [1.82, 2.24) is 0 Å². The summed E-state index contributed by atoms with van der Waals surface area (Å²) >= 11 is 0. The fraction of sp³-hybridized carbons (Fsp3) is 0.400. The quantitative estimate of drug-likeness (QED) is 0.331. The summed E-state index contributed by atoms with van der Waals surface area (Å²) in [4.78, 5) is 0. The third-order valence-electron chi connectivity index (χ3n) is 2.22. The summed E-state index contributed by atoms with van der Waals surface area (Å²) in [7, 11) is -3.84. The smallest absolute Gasteiger partial charge is 1.00 e. The van der Waals surface area contributed by atoms with E-state index in [2.05, 4.69) is 0 Å². The molecule has 1 rings (SSSR count). The monoisotopic (exact) mass is 277 g/mol. The summed E-state index contributed by atoms with van der Waals surface area (Å²) in [5, 5.41) is 0. The third-order valence-corrected chi connectivity index (χ3v) is 3.02. The molecule has 1 aromatic carbocycles. The van der Waals surface area contributed by atoms with E-state index >= 15 is 0 Å². The van der Waals surface area contributed by atoms with Crippen LogP contribution in [-0.2, 0) is 16.5 Å². The number of benzene rings is 1. The zero-order valence-corrected chi connectivity index (χ0v) is 15.4. The zero-order chi connectivity index (χ0) is 11.5. The molecule has 0 fully saturated rings. The molecule has 0 aromatic heterocycles. The molecule has 3 N–H and O–H groups in total. The van der Waals surface area contributed by atoms with Crippen molar-refractivity contribution in [2.45, 2.75) is 19.8 Å². The van der Waals surface area contributed by atoms with E-state index in [9.17, 15) is 8.42 Å². The van der Waals surface area contributed by atoms with E-state index in [1.165, 1.54) is 0 Å². The first-order valence-electron chi connectivity index (χ1n) is 4.68. The van der Waals surface area contributed by atoms with Crippen molar-refractivity contribution in [3.63, 3.8) is 0 Å². The van der Waals surface area contributed by atoms with Gasteiger partial charge in [0.1, 0.15) is 0 Å². The molecular weight excluding hydrogens is 260 g/mol. The first-order chi connectivity index (χ1) is 6.88. The molecule has 0 saturated carbocycles. The van der Waals surface area contributed by atoms with Gasteiger partial charge in [-0.3, -0.25) is 4.55 Å². The zero-order valence-electron chi connectivity index (χ0n) is 12.6. The number of hydrogen-bond acceptors (Lipinski definition) is 3. The molecule has 0 radical (unpaired) electrons. The van der Waals surface area contributed by atoms with Gasteiger partial charge in [0.15, 0.2) is 0 Å². The van der Waals surface area contributed by atoms with E-state index < -0.39 is 10.1 Å². The first kappa shape index (κ1) is 20.3. The van der Waals surface area contributed by atoms with Crippen molar-refractivity contribution in [1.29, 1.82) is 0 Å². The Balaban J connectivity index is -0.000000281. The van der Waals surface area contributed by atoms with Crippen molar-refractivity contribution in [2.75, 3.05) is 11.5 Å². The largest absolute Gasteiger partial charge is 1.00 e. The molecule has 0 amide bonds. The van der Waals surface area contributed by atoms with Crippen LogP contribution in [0.15, 0.2) is 18.2 Å². The average molecular weight is 277 g/mol. The fourth-order valence-corrected chi connectivity index (χ4v) is 1.95. The second-order valence-electron chi connectivity index (χ2n) is 3.58. The number of nitrogens with two attached hydrogens (primary N) is 1. The molecule has 0 heterocycles. The Morgan fingerprint density at radius 3 is 2.41 bits per heavy atom. The molecule has 17 heavy (non-hydrogen) atoms. The Morgan fingerprint density at radius 2 is 1.94 bits per heavy atom. The molecule has 0 spiro atoms. The molecule has 0 atom stereocenters. The molecular formula is C10H17NNa2O3S. The van der Waals surface area contributed by atoms with Crippen LogP contribution in [0.1, 0.15) is 20.4 Å². The Hall–Kier alpha value is 0.930. The van der Waals surface area contributed by atoms with Crippen LogP contribution >= 0.6 is 0 Å². The predicted octanol–water partition coefficient (Wildman–Crippen LogP) is -4.37. The Bertz CT molecular complexity index is 458. The predicted molar refractivity (Wildman–Crippen MR) is 62.6 cm³/mol. The summed E-state index contributed by atoms with van der Waals surface area (Å²) < 4.78 is 29.6. The van der Waals surface area contributed by atoms with Gasteiger partial charge in [0.2, 0.25) is 0 Å². The normalized spacial score (nSPS) is 10.2. The minimum atomic E-state index is -3.84. The molecule has 7 heteroatoms. The summed E-state index contributed by atoms with van der Waals surface area (Å²) in [5.41, 5.74) is 8.40. The topological polar surface area (TPSA) is 80.4 Å². The van der Waals surface area contributed by atoms with Gasteiger partial charge in [-0.1, -0.05) is 6.07 Å². The summed E-state index contributed by atoms with van der Waals surface area (Å²) in [5.74, 6) is -0.198. The van der Waals surface area contributed by atoms with Gasteiger partial charge in [-0.05, 0) is 43.0 Å². The Labute approximate surface area is 150 Å². The van der Waals surface area contributed by atoms with Gasteiger partial charge in [-0.15, -0.1) is 0 Å². The van der Waals surface area contributed by atoms with E-state index in [-0.39, 0.29) is 67.7 Å². The van der Waals surface area contributed by atoms with Crippen LogP contribution in [-0.4, -0.2) is 18.7 Å². The third kappa shape index (κ3) is 8.61. The molecule has 0 aliphatic carbocycles. The minimum Gasteiger partial charge on any atom is -1.00 e. The maximum absolute atomic E-state index is 10.5. The molecule has 88 valence electrons. The Kier molecular flexibility index (Phi) is 10.6. The summed E-state index contributed by atoms with van der Waals surface area (Å²) in [6.07, 6.45) is 1.05. The second kappa shape index (κ2) is 8.93. The van der Waals surface area contributed by atoms with Gasteiger partial charge in [0.05, 0.1) is 5.75 Å². The van der Waals surface area contributed by atoms with E-state index in [0.29, 0.717) is 18.5 Å². The van der Waals surface area contributed by atoms with E-state index in [1.807, 2.05) is 19.1 Å². The van der Waals surface area contributed by atoms with Crippen molar-refractivity contribution in [2.24, 2.45) is 0 Å². The van der Waals surface area contributed by atoms with Gasteiger partial charge in [-0.25, -0.2) is 0 Å². The number of hydrogen-bond donors (Lipinski definition) is 2. The van der Waals surface area contributed by atoms with Crippen LogP contribution in [0.5, 0.6) is 0 Å². The first-order valence-corrected chi connectivity index (χ1v) is 6.29. The molecule has 0 saturated heterocycles. The van der Waals surface area contributed by atoms with Crippen molar-refractivity contribution in [3.8, 4) is 0 Å². The van der Waals surface area contributed by atoms with Gasteiger partial charge in [0.25, 0.3) is 10.1 Å². The van der Waals surface area contributed by atoms with Crippen molar-refractivity contribution >= 4 is 15.8 Å². The van der Waals surface area contributed by atoms with Crippen molar-refractivity contribution < 1.29 is 74.9 Å². The van der Waals surface area contributed by atoms with Crippen LogP contribution in [0.4, 0.5) is 5.69 Å². The second-order valence-corrected chi connectivity index (χ2v) is 5.15. The summed E-state index contributed by atoms with van der Waals surface area (Å²) in [6, 6.07) is 5.52. The number of anilines is 1. The molecule has 1 aromatic rings. The molecule has 0 aliphatic rings. The van der Waals surface area contributed by atoms with Gasteiger partial charge < -0.3 is 8.59 Å². The summed E-state index contributed by atoms with van der Waals surface area (Å²) in [6.45, 7) is 1.93. The van der Waals surface area contributed by atoms with E-state index in [4.69, 9.17) is 10.3 Å². The molecule has 4 nitrogen and oxygen atoms in total. The van der Waals surface area contributed by atoms with Crippen LogP contribution < -0.4 is 64.8 Å².